The molecular formula is C16H23BrN2O. The molecule has 110 valence electrons. The van der Waals surface area contributed by atoms with Gasteiger partial charge in [-0.05, 0) is 60.3 Å². The second kappa shape index (κ2) is 7.11. The van der Waals surface area contributed by atoms with Crippen LogP contribution >= 0.6 is 15.9 Å². The molecule has 2 N–H and O–H groups in total. The summed E-state index contributed by atoms with van der Waals surface area (Å²) in [7, 11) is 0. The Bertz CT molecular complexity index is 470. The Morgan fingerprint density at radius 1 is 1.30 bits per heavy atom. The molecule has 3 nitrogen and oxygen atoms in total. The predicted molar refractivity (Wildman–Crippen MR) is 87.0 cm³/mol. The van der Waals surface area contributed by atoms with Gasteiger partial charge in [0.25, 0.3) is 0 Å². The van der Waals surface area contributed by atoms with Crippen molar-refractivity contribution in [1.29, 1.82) is 0 Å². The van der Waals surface area contributed by atoms with Gasteiger partial charge in [0, 0.05) is 16.2 Å². The quantitative estimate of drug-likeness (QED) is 0.870. The van der Waals surface area contributed by atoms with Gasteiger partial charge in [0.05, 0.1) is 0 Å². The number of aryl methyl sites for hydroxylation is 1. The third-order valence-electron chi connectivity index (χ3n) is 3.84. The predicted octanol–water partition coefficient (Wildman–Crippen LogP) is 4.01. The van der Waals surface area contributed by atoms with E-state index in [9.17, 15) is 4.79 Å². The first-order valence-corrected chi connectivity index (χ1v) is 8.18. The molecule has 1 aliphatic carbocycles. The molecule has 0 heterocycles. The number of rotatable bonds is 4. The van der Waals surface area contributed by atoms with E-state index < -0.39 is 0 Å². The number of nitrogens with one attached hydrogen (secondary N) is 2. The fourth-order valence-electron chi connectivity index (χ4n) is 2.62. The Morgan fingerprint density at radius 2 is 2.00 bits per heavy atom. The summed E-state index contributed by atoms with van der Waals surface area (Å²) in [6.45, 7) is 3.96. The monoisotopic (exact) mass is 338 g/mol. The Labute approximate surface area is 129 Å². The molecule has 2 rings (SSSR count). The van der Waals surface area contributed by atoms with Crippen molar-refractivity contribution >= 4 is 27.5 Å². The number of hydrogen-bond donors (Lipinski definition) is 2. The van der Waals surface area contributed by atoms with Crippen molar-refractivity contribution in [3.8, 4) is 0 Å². The van der Waals surface area contributed by atoms with Crippen LogP contribution < -0.4 is 10.6 Å². The zero-order chi connectivity index (χ0) is 14.5. The summed E-state index contributed by atoms with van der Waals surface area (Å²) in [4.78, 5) is 12.2. The molecule has 0 aromatic heterocycles. The fraction of sp³-hybridized carbons (Fsp3) is 0.562. The maximum atomic E-state index is 12.2. The maximum Gasteiger partial charge on any atom is 0.242 e. The first kappa shape index (κ1) is 15.4. The second-order valence-corrected chi connectivity index (χ2v) is 6.55. The second-order valence-electron chi connectivity index (χ2n) is 5.69. The average molecular weight is 339 g/mol. The number of carbonyl (C=O) groups is 1. The average Bonchev–Trinajstić information content (AvgIpc) is 2.44. The minimum Gasteiger partial charge on any atom is -0.373 e. The molecule has 4 heteroatoms. The minimum absolute atomic E-state index is 0.0882. The van der Waals surface area contributed by atoms with Gasteiger partial charge in [-0.3, -0.25) is 4.79 Å². The Balaban J connectivity index is 1.91. The molecule has 1 atom stereocenters. The summed E-state index contributed by atoms with van der Waals surface area (Å²) in [5.41, 5.74) is 2.15. The number of benzene rings is 1. The van der Waals surface area contributed by atoms with Crippen molar-refractivity contribution in [2.45, 2.75) is 58.0 Å². The summed E-state index contributed by atoms with van der Waals surface area (Å²) < 4.78 is 0.986. The molecule has 1 fully saturated rings. The number of anilines is 1. The lowest BCUT2D eigenvalue weighted by Gasteiger charge is -2.25. The zero-order valence-electron chi connectivity index (χ0n) is 12.2. The van der Waals surface area contributed by atoms with E-state index in [1.807, 2.05) is 26.0 Å². The van der Waals surface area contributed by atoms with Crippen LogP contribution in [0, 0.1) is 6.92 Å². The van der Waals surface area contributed by atoms with E-state index >= 15 is 0 Å². The van der Waals surface area contributed by atoms with E-state index in [4.69, 9.17) is 0 Å². The first-order valence-electron chi connectivity index (χ1n) is 7.39. The van der Waals surface area contributed by atoms with Crippen LogP contribution in [0.1, 0.15) is 44.6 Å². The number of carbonyl (C=O) groups excluding carboxylic acids is 1. The fourth-order valence-corrected chi connectivity index (χ4v) is 2.98. The zero-order valence-corrected chi connectivity index (χ0v) is 13.8. The van der Waals surface area contributed by atoms with Gasteiger partial charge < -0.3 is 10.6 Å². The Kier molecular flexibility index (Phi) is 5.46. The standard InChI is InChI=1S/C16H23BrN2O/c1-11-8-9-14(17)15(10-11)18-12(2)16(20)19-13-6-4-3-5-7-13/h8-10,12-13,18H,3-7H2,1-2H3,(H,19,20). The molecule has 0 aliphatic heterocycles. The summed E-state index contributed by atoms with van der Waals surface area (Å²) in [6.07, 6.45) is 6.00. The lowest BCUT2D eigenvalue weighted by atomic mass is 9.95. The van der Waals surface area contributed by atoms with Crippen LogP contribution in [0.4, 0.5) is 5.69 Å². The molecule has 1 aromatic rings. The molecule has 1 amide bonds. The number of hydrogen-bond acceptors (Lipinski definition) is 2. The third kappa shape index (κ3) is 4.23. The van der Waals surface area contributed by atoms with Gasteiger partial charge in [-0.2, -0.15) is 0 Å². The molecule has 1 saturated carbocycles. The SMILES string of the molecule is Cc1ccc(Br)c(NC(C)C(=O)NC2CCCCC2)c1. The molecule has 0 saturated heterocycles. The van der Waals surface area contributed by atoms with Crippen LogP contribution in [0.2, 0.25) is 0 Å². The smallest absolute Gasteiger partial charge is 0.242 e. The van der Waals surface area contributed by atoms with Gasteiger partial charge in [0.1, 0.15) is 6.04 Å². The highest BCUT2D eigenvalue weighted by atomic mass is 79.9. The summed E-state index contributed by atoms with van der Waals surface area (Å²) in [6, 6.07) is 6.23. The topological polar surface area (TPSA) is 41.1 Å². The molecule has 0 radical (unpaired) electrons. The van der Waals surface area contributed by atoms with Gasteiger partial charge in [0.15, 0.2) is 0 Å². The normalized spacial score (nSPS) is 17.6. The van der Waals surface area contributed by atoms with Gasteiger partial charge >= 0.3 is 0 Å². The molecule has 1 aliphatic rings. The largest absolute Gasteiger partial charge is 0.373 e. The molecule has 0 bridgehead atoms. The molecular weight excluding hydrogens is 316 g/mol. The van der Waals surface area contributed by atoms with Crippen LogP contribution in [-0.4, -0.2) is 18.0 Å². The van der Waals surface area contributed by atoms with Crippen molar-refractivity contribution in [2.75, 3.05) is 5.32 Å². The highest BCUT2D eigenvalue weighted by molar-refractivity contribution is 9.10. The van der Waals surface area contributed by atoms with Crippen LogP contribution in [0.3, 0.4) is 0 Å². The van der Waals surface area contributed by atoms with E-state index in [1.54, 1.807) is 0 Å². The van der Waals surface area contributed by atoms with Crippen LogP contribution in [0.5, 0.6) is 0 Å². The van der Waals surface area contributed by atoms with E-state index in [0.29, 0.717) is 6.04 Å². The van der Waals surface area contributed by atoms with Crippen molar-refractivity contribution in [3.05, 3.63) is 28.2 Å². The Hall–Kier alpha value is -1.03. The number of amides is 1. The van der Waals surface area contributed by atoms with E-state index in [-0.39, 0.29) is 11.9 Å². The first-order chi connectivity index (χ1) is 9.56. The lowest BCUT2D eigenvalue weighted by Crippen LogP contribution is -2.44. The van der Waals surface area contributed by atoms with E-state index in [2.05, 4.69) is 32.6 Å². The van der Waals surface area contributed by atoms with E-state index in [0.717, 1.165) is 23.0 Å². The van der Waals surface area contributed by atoms with E-state index in [1.165, 1.54) is 24.8 Å². The summed E-state index contributed by atoms with van der Waals surface area (Å²) >= 11 is 3.51. The molecule has 20 heavy (non-hydrogen) atoms. The Morgan fingerprint density at radius 3 is 2.70 bits per heavy atom. The lowest BCUT2D eigenvalue weighted by molar-refractivity contribution is -0.122. The highest BCUT2D eigenvalue weighted by Crippen LogP contribution is 2.24. The summed E-state index contributed by atoms with van der Waals surface area (Å²) in [5.74, 6) is 0.0882. The van der Waals surface area contributed by atoms with Crippen molar-refractivity contribution in [3.63, 3.8) is 0 Å². The van der Waals surface area contributed by atoms with Gasteiger partial charge in [0.2, 0.25) is 5.91 Å². The van der Waals surface area contributed by atoms with Crippen molar-refractivity contribution < 1.29 is 4.79 Å². The molecule has 1 aromatic carbocycles. The van der Waals surface area contributed by atoms with Gasteiger partial charge in [-0.15, -0.1) is 0 Å². The van der Waals surface area contributed by atoms with Crippen LogP contribution in [0.25, 0.3) is 0 Å². The van der Waals surface area contributed by atoms with Gasteiger partial charge in [-0.1, -0.05) is 25.3 Å². The number of halogens is 1. The maximum absolute atomic E-state index is 12.2. The van der Waals surface area contributed by atoms with Crippen molar-refractivity contribution in [2.24, 2.45) is 0 Å². The summed E-state index contributed by atoms with van der Waals surface area (Å²) in [5, 5.41) is 6.44. The minimum atomic E-state index is -0.227. The van der Waals surface area contributed by atoms with Crippen molar-refractivity contribution in [1.82, 2.24) is 5.32 Å². The third-order valence-corrected chi connectivity index (χ3v) is 4.53. The molecule has 0 spiro atoms. The highest BCUT2D eigenvalue weighted by Gasteiger charge is 2.19. The molecule has 1 unspecified atom stereocenters. The van der Waals surface area contributed by atoms with Gasteiger partial charge in [-0.25, -0.2) is 0 Å². The van der Waals surface area contributed by atoms with Crippen LogP contribution in [-0.2, 0) is 4.79 Å². The van der Waals surface area contributed by atoms with Crippen LogP contribution in [0.15, 0.2) is 22.7 Å².